The normalized spacial score (nSPS) is 19.8. The van der Waals surface area contributed by atoms with E-state index < -0.39 is 5.25 Å². The molecule has 2 aliphatic rings. The van der Waals surface area contributed by atoms with Crippen LogP contribution in [-0.4, -0.2) is 38.0 Å². The smallest absolute Gasteiger partial charge is 0.321 e. The molecule has 0 unspecified atom stereocenters. The van der Waals surface area contributed by atoms with Crippen LogP contribution in [0.25, 0.3) is 0 Å². The van der Waals surface area contributed by atoms with Crippen molar-refractivity contribution in [2.24, 2.45) is 0 Å². The Labute approximate surface area is 146 Å². The summed E-state index contributed by atoms with van der Waals surface area (Å²) in [5.41, 5.74) is 0. The fourth-order valence-electron chi connectivity index (χ4n) is 3.08. The van der Waals surface area contributed by atoms with Gasteiger partial charge in [-0.3, -0.25) is 10.1 Å². The van der Waals surface area contributed by atoms with Gasteiger partial charge in [0.2, 0.25) is 5.91 Å². The Morgan fingerprint density at radius 3 is 2.54 bits per heavy atom. The van der Waals surface area contributed by atoms with E-state index in [1.165, 1.54) is 18.2 Å². The SMILES string of the molecule is Cc1nnc(S[C@H](C)C(=O)NC(=O)NC2CCCCC2)n1C1CC1. The van der Waals surface area contributed by atoms with Gasteiger partial charge in [0.05, 0.1) is 5.25 Å². The van der Waals surface area contributed by atoms with Gasteiger partial charge in [-0.1, -0.05) is 31.0 Å². The number of nitrogens with one attached hydrogen (secondary N) is 2. The van der Waals surface area contributed by atoms with E-state index in [0.717, 1.165) is 49.5 Å². The van der Waals surface area contributed by atoms with Crippen LogP contribution in [0.15, 0.2) is 5.16 Å². The third kappa shape index (κ3) is 4.28. The molecule has 2 aliphatic carbocycles. The van der Waals surface area contributed by atoms with Crippen LogP contribution < -0.4 is 10.6 Å². The minimum atomic E-state index is -0.400. The molecule has 1 aromatic heterocycles. The topological polar surface area (TPSA) is 88.9 Å². The van der Waals surface area contributed by atoms with Gasteiger partial charge in [-0.15, -0.1) is 10.2 Å². The number of amides is 3. The molecule has 132 valence electrons. The minimum Gasteiger partial charge on any atom is -0.335 e. The largest absolute Gasteiger partial charge is 0.335 e. The Kier molecular flexibility index (Phi) is 5.43. The lowest BCUT2D eigenvalue weighted by Gasteiger charge is -2.23. The van der Waals surface area contributed by atoms with Gasteiger partial charge < -0.3 is 9.88 Å². The molecule has 8 heteroatoms. The summed E-state index contributed by atoms with van der Waals surface area (Å²) in [6, 6.07) is 0.265. The molecule has 0 saturated heterocycles. The number of urea groups is 1. The van der Waals surface area contributed by atoms with Crippen molar-refractivity contribution in [2.75, 3.05) is 0 Å². The van der Waals surface area contributed by atoms with Crippen molar-refractivity contribution in [3.8, 4) is 0 Å². The molecule has 2 fully saturated rings. The van der Waals surface area contributed by atoms with Crippen LogP contribution in [0.5, 0.6) is 0 Å². The number of aryl methyl sites for hydroxylation is 1. The molecule has 0 aromatic carbocycles. The summed E-state index contributed by atoms with van der Waals surface area (Å²) in [6.07, 6.45) is 7.77. The third-order valence-corrected chi connectivity index (χ3v) is 5.63. The number of imide groups is 1. The molecule has 1 aromatic rings. The van der Waals surface area contributed by atoms with Gasteiger partial charge in [-0.2, -0.15) is 0 Å². The van der Waals surface area contributed by atoms with E-state index in [-0.39, 0.29) is 18.0 Å². The number of carbonyl (C=O) groups excluding carboxylic acids is 2. The first-order valence-corrected chi connectivity index (χ1v) is 9.62. The van der Waals surface area contributed by atoms with E-state index in [4.69, 9.17) is 0 Å². The molecule has 0 aliphatic heterocycles. The molecule has 1 heterocycles. The maximum absolute atomic E-state index is 12.3. The first-order chi connectivity index (χ1) is 11.5. The second-order valence-corrected chi connectivity index (χ2v) is 8.00. The standard InChI is InChI=1S/C16H25N5O2S/c1-10(24-16-20-19-11(2)21(16)13-8-9-13)14(22)18-15(23)17-12-6-4-3-5-7-12/h10,12-13H,3-9H2,1-2H3,(H2,17,18,22,23)/t10-/m1/s1. The molecule has 0 spiro atoms. The number of hydrogen-bond donors (Lipinski definition) is 2. The van der Waals surface area contributed by atoms with E-state index in [0.29, 0.717) is 6.04 Å². The van der Waals surface area contributed by atoms with E-state index >= 15 is 0 Å². The van der Waals surface area contributed by atoms with Crippen LogP contribution in [0.2, 0.25) is 0 Å². The van der Waals surface area contributed by atoms with Gasteiger partial charge in [0.15, 0.2) is 5.16 Å². The van der Waals surface area contributed by atoms with Crippen molar-refractivity contribution < 1.29 is 9.59 Å². The second-order valence-electron chi connectivity index (χ2n) is 6.69. The van der Waals surface area contributed by atoms with Crippen molar-refractivity contribution in [1.29, 1.82) is 0 Å². The van der Waals surface area contributed by atoms with E-state index in [9.17, 15) is 9.59 Å². The number of thioether (sulfide) groups is 1. The summed E-state index contributed by atoms with van der Waals surface area (Å²) < 4.78 is 2.09. The van der Waals surface area contributed by atoms with Crippen molar-refractivity contribution in [3.05, 3.63) is 5.82 Å². The molecule has 2 N–H and O–H groups in total. The predicted octanol–water partition coefficient (Wildman–Crippen LogP) is 2.56. The maximum atomic E-state index is 12.3. The highest BCUT2D eigenvalue weighted by molar-refractivity contribution is 8.00. The summed E-state index contributed by atoms with van der Waals surface area (Å²) in [7, 11) is 0. The molecule has 3 amide bonds. The molecule has 7 nitrogen and oxygen atoms in total. The Bertz CT molecular complexity index is 608. The van der Waals surface area contributed by atoms with Gasteiger partial charge in [-0.05, 0) is 39.5 Å². The first-order valence-electron chi connectivity index (χ1n) is 8.74. The Morgan fingerprint density at radius 1 is 1.17 bits per heavy atom. The third-order valence-electron chi connectivity index (χ3n) is 4.58. The zero-order valence-electron chi connectivity index (χ0n) is 14.2. The number of rotatable bonds is 5. The van der Waals surface area contributed by atoms with Crippen molar-refractivity contribution in [2.45, 2.75) is 81.3 Å². The van der Waals surface area contributed by atoms with Gasteiger partial charge in [0.1, 0.15) is 5.82 Å². The zero-order valence-corrected chi connectivity index (χ0v) is 15.1. The van der Waals surface area contributed by atoms with Crippen LogP contribution in [0.4, 0.5) is 4.79 Å². The van der Waals surface area contributed by atoms with Gasteiger partial charge in [-0.25, -0.2) is 4.79 Å². The molecule has 2 saturated carbocycles. The quantitative estimate of drug-likeness (QED) is 0.796. The molecule has 1 atom stereocenters. The average molecular weight is 351 g/mol. The van der Waals surface area contributed by atoms with E-state index in [1.54, 1.807) is 6.92 Å². The highest BCUT2D eigenvalue weighted by Gasteiger charge is 2.30. The van der Waals surface area contributed by atoms with Crippen LogP contribution in [0.1, 0.15) is 63.7 Å². The summed E-state index contributed by atoms with van der Waals surface area (Å²) in [4.78, 5) is 24.2. The lowest BCUT2D eigenvalue weighted by Crippen LogP contribution is -2.47. The molecular weight excluding hydrogens is 326 g/mol. The predicted molar refractivity (Wildman–Crippen MR) is 91.9 cm³/mol. The lowest BCUT2D eigenvalue weighted by atomic mass is 9.96. The molecule has 0 bridgehead atoms. The van der Waals surface area contributed by atoms with E-state index in [2.05, 4.69) is 25.4 Å². The number of aromatic nitrogens is 3. The van der Waals surface area contributed by atoms with Crippen LogP contribution in [0, 0.1) is 6.92 Å². The fraction of sp³-hybridized carbons (Fsp3) is 0.750. The minimum absolute atomic E-state index is 0.190. The Balaban J connectivity index is 1.50. The van der Waals surface area contributed by atoms with Crippen LogP contribution in [-0.2, 0) is 4.79 Å². The highest BCUT2D eigenvalue weighted by Crippen LogP contribution is 2.39. The average Bonchev–Trinajstić information content (AvgIpc) is 3.32. The van der Waals surface area contributed by atoms with Crippen molar-refractivity contribution >= 4 is 23.7 Å². The molecule has 24 heavy (non-hydrogen) atoms. The summed E-state index contributed by atoms with van der Waals surface area (Å²) in [5.74, 6) is 0.582. The van der Waals surface area contributed by atoms with Gasteiger partial charge in [0, 0.05) is 12.1 Å². The molecule has 3 rings (SSSR count). The molecule has 0 radical (unpaired) electrons. The monoisotopic (exact) mass is 351 g/mol. The number of carbonyl (C=O) groups is 2. The number of hydrogen-bond acceptors (Lipinski definition) is 5. The van der Waals surface area contributed by atoms with Gasteiger partial charge in [0.25, 0.3) is 0 Å². The second kappa shape index (κ2) is 7.55. The van der Waals surface area contributed by atoms with Gasteiger partial charge >= 0.3 is 6.03 Å². The lowest BCUT2D eigenvalue weighted by molar-refractivity contribution is -0.119. The summed E-state index contributed by atoms with van der Waals surface area (Å²) in [6.45, 7) is 3.72. The van der Waals surface area contributed by atoms with Crippen molar-refractivity contribution in [1.82, 2.24) is 25.4 Å². The van der Waals surface area contributed by atoms with Crippen LogP contribution >= 0.6 is 11.8 Å². The highest BCUT2D eigenvalue weighted by atomic mass is 32.2. The van der Waals surface area contributed by atoms with Crippen molar-refractivity contribution in [3.63, 3.8) is 0 Å². The van der Waals surface area contributed by atoms with Crippen LogP contribution in [0.3, 0.4) is 0 Å². The Morgan fingerprint density at radius 2 is 1.88 bits per heavy atom. The fourth-order valence-corrected chi connectivity index (χ4v) is 4.04. The van der Waals surface area contributed by atoms with E-state index in [1.807, 2.05) is 6.92 Å². The number of nitrogens with zero attached hydrogens (tertiary/aromatic N) is 3. The Hall–Kier alpha value is -1.57. The zero-order chi connectivity index (χ0) is 17.1. The summed E-state index contributed by atoms with van der Waals surface area (Å²) >= 11 is 1.35. The molecular formula is C16H25N5O2S. The summed E-state index contributed by atoms with van der Waals surface area (Å²) in [5, 5.41) is 14.0. The first kappa shape index (κ1) is 17.3. The maximum Gasteiger partial charge on any atom is 0.321 e.